The Balaban J connectivity index is 2.22. The summed E-state index contributed by atoms with van der Waals surface area (Å²) in [6.07, 6.45) is 5.83. The number of rotatable bonds is 6. The SMILES string of the molecule is CCC(CCCl)CNc1nccn2nc(C(C)(C)C)cc12. The molecule has 2 aromatic heterocycles. The molecule has 2 heterocycles. The van der Waals surface area contributed by atoms with Crippen molar-refractivity contribution in [3.8, 4) is 0 Å². The fourth-order valence-corrected chi connectivity index (χ4v) is 2.58. The van der Waals surface area contributed by atoms with Crippen LogP contribution < -0.4 is 5.32 Å². The average Bonchev–Trinajstić information content (AvgIpc) is 2.88. The number of fused-ring (bicyclic) bond motifs is 1. The molecule has 0 aliphatic rings. The molecule has 0 aliphatic carbocycles. The number of anilines is 1. The van der Waals surface area contributed by atoms with Crippen LogP contribution in [0.5, 0.6) is 0 Å². The van der Waals surface area contributed by atoms with Gasteiger partial charge in [-0.3, -0.25) is 0 Å². The smallest absolute Gasteiger partial charge is 0.152 e. The Labute approximate surface area is 131 Å². The van der Waals surface area contributed by atoms with Crippen LogP contribution in [0.2, 0.25) is 0 Å². The molecule has 116 valence electrons. The Morgan fingerprint density at radius 1 is 1.38 bits per heavy atom. The summed E-state index contributed by atoms with van der Waals surface area (Å²) >= 11 is 5.85. The van der Waals surface area contributed by atoms with Crippen molar-refractivity contribution in [2.24, 2.45) is 5.92 Å². The van der Waals surface area contributed by atoms with Gasteiger partial charge < -0.3 is 5.32 Å². The van der Waals surface area contributed by atoms with Gasteiger partial charge in [-0.2, -0.15) is 5.10 Å². The lowest BCUT2D eigenvalue weighted by Gasteiger charge is -2.15. The van der Waals surface area contributed by atoms with Crippen LogP contribution in [0.1, 0.15) is 46.2 Å². The monoisotopic (exact) mass is 308 g/mol. The number of hydrogen-bond donors (Lipinski definition) is 1. The van der Waals surface area contributed by atoms with Gasteiger partial charge in [0.25, 0.3) is 0 Å². The van der Waals surface area contributed by atoms with Crippen molar-refractivity contribution in [3.63, 3.8) is 0 Å². The van der Waals surface area contributed by atoms with E-state index >= 15 is 0 Å². The van der Waals surface area contributed by atoms with E-state index in [0.717, 1.165) is 36.4 Å². The average molecular weight is 309 g/mol. The highest BCUT2D eigenvalue weighted by atomic mass is 35.5. The van der Waals surface area contributed by atoms with Crippen molar-refractivity contribution in [3.05, 3.63) is 24.2 Å². The molecule has 0 aliphatic heterocycles. The van der Waals surface area contributed by atoms with E-state index in [1.165, 1.54) is 0 Å². The lowest BCUT2D eigenvalue weighted by atomic mass is 9.92. The molecule has 2 aromatic rings. The van der Waals surface area contributed by atoms with Gasteiger partial charge in [-0.15, -0.1) is 11.6 Å². The molecular weight excluding hydrogens is 284 g/mol. The van der Waals surface area contributed by atoms with Gasteiger partial charge in [0.1, 0.15) is 5.52 Å². The number of aromatic nitrogens is 3. The number of nitrogens with zero attached hydrogens (tertiary/aromatic N) is 3. The van der Waals surface area contributed by atoms with E-state index in [2.05, 4.69) is 49.2 Å². The van der Waals surface area contributed by atoms with E-state index in [9.17, 15) is 0 Å². The predicted molar refractivity (Wildman–Crippen MR) is 89.3 cm³/mol. The molecule has 0 spiro atoms. The predicted octanol–water partition coefficient (Wildman–Crippen LogP) is 4.09. The first-order chi connectivity index (χ1) is 9.95. The molecule has 0 saturated carbocycles. The second-order valence-electron chi connectivity index (χ2n) is 6.52. The Kier molecular flexibility index (Phi) is 5.09. The number of alkyl halides is 1. The van der Waals surface area contributed by atoms with Gasteiger partial charge in [-0.05, 0) is 18.4 Å². The van der Waals surface area contributed by atoms with Gasteiger partial charge in [0.2, 0.25) is 0 Å². The Morgan fingerprint density at radius 2 is 2.14 bits per heavy atom. The van der Waals surface area contributed by atoms with E-state index in [4.69, 9.17) is 11.6 Å². The minimum Gasteiger partial charge on any atom is -0.368 e. The largest absolute Gasteiger partial charge is 0.368 e. The maximum atomic E-state index is 5.85. The van der Waals surface area contributed by atoms with Crippen LogP contribution in [0.4, 0.5) is 5.82 Å². The van der Waals surface area contributed by atoms with Crippen LogP contribution in [0.15, 0.2) is 18.5 Å². The highest BCUT2D eigenvalue weighted by Gasteiger charge is 2.19. The lowest BCUT2D eigenvalue weighted by molar-refractivity contribution is 0.521. The molecular formula is C16H25ClN4. The van der Waals surface area contributed by atoms with Crippen LogP contribution in [-0.2, 0) is 5.41 Å². The molecule has 0 aromatic carbocycles. The van der Waals surface area contributed by atoms with Gasteiger partial charge >= 0.3 is 0 Å². The number of nitrogens with one attached hydrogen (secondary N) is 1. The standard InChI is InChI=1S/C16H25ClN4/c1-5-12(6-7-17)11-19-15-13-10-14(16(2,3)4)20-21(13)9-8-18-15/h8-10,12H,5-7,11H2,1-4H3,(H,18,19). The molecule has 2 rings (SSSR count). The Bertz CT molecular complexity index is 585. The molecule has 0 radical (unpaired) electrons. The third-order valence-corrected chi connectivity index (χ3v) is 4.03. The third kappa shape index (κ3) is 3.88. The van der Waals surface area contributed by atoms with E-state index < -0.39 is 0 Å². The van der Waals surface area contributed by atoms with Crippen molar-refractivity contribution in [1.29, 1.82) is 0 Å². The summed E-state index contributed by atoms with van der Waals surface area (Å²) in [6, 6.07) is 2.12. The topological polar surface area (TPSA) is 42.2 Å². The van der Waals surface area contributed by atoms with E-state index in [0.29, 0.717) is 11.8 Å². The lowest BCUT2D eigenvalue weighted by Crippen LogP contribution is -2.15. The summed E-state index contributed by atoms with van der Waals surface area (Å²) in [5, 5.41) is 8.10. The molecule has 0 bridgehead atoms. The molecule has 1 atom stereocenters. The maximum absolute atomic E-state index is 5.85. The van der Waals surface area contributed by atoms with E-state index in [1.54, 1.807) is 6.20 Å². The van der Waals surface area contributed by atoms with E-state index in [1.807, 2.05) is 10.7 Å². The molecule has 0 saturated heterocycles. The number of halogens is 1. The molecule has 1 N–H and O–H groups in total. The minimum absolute atomic E-state index is 0.0356. The van der Waals surface area contributed by atoms with Crippen molar-refractivity contribution in [2.45, 2.75) is 46.0 Å². The van der Waals surface area contributed by atoms with Crippen LogP contribution in [0.3, 0.4) is 0 Å². The zero-order chi connectivity index (χ0) is 15.5. The van der Waals surface area contributed by atoms with Crippen LogP contribution >= 0.6 is 11.6 Å². The third-order valence-electron chi connectivity index (χ3n) is 3.81. The molecule has 5 heteroatoms. The molecule has 0 fully saturated rings. The number of hydrogen-bond acceptors (Lipinski definition) is 3. The Hall–Kier alpha value is -1.29. The first kappa shape index (κ1) is 16.1. The fraction of sp³-hybridized carbons (Fsp3) is 0.625. The molecule has 4 nitrogen and oxygen atoms in total. The van der Waals surface area contributed by atoms with Crippen LogP contribution in [0, 0.1) is 5.92 Å². The highest BCUT2D eigenvalue weighted by Crippen LogP contribution is 2.24. The van der Waals surface area contributed by atoms with E-state index in [-0.39, 0.29) is 5.41 Å². The van der Waals surface area contributed by atoms with Crippen molar-refractivity contribution >= 4 is 22.9 Å². The second-order valence-corrected chi connectivity index (χ2v) is 6.90. The fourth-order valence-electron chi connectivity index (χ4n) is 2.27. The first-order valence-electron chi connectivity index (χ1n) is 7.60. The van der Waals surface area contributed by atoms with Gasteiger partial charge in [-0.1, -0.05) is 34.1 Å². The molecule has 0 amide bonds. The van der Waals surface area contributed by atoms with Crippen molar-refractivity contribution in [1.82, 2.24) is 14.6 Å². The molecule has 21 heavy (non-hydrogen) atoms. The highest BCUT2D eigenvalue weighted by molar-refractivity contribution is 6.17. The van der Waals surface area contributed by atoms with Crippen LogP contribution in [-0.4, -0.2) is 27.0 Å². The summed E-state index contributed by atoms with van der Waals surface area (Å²) in [4.78, 5) is 4.46. The van der Waals surface area contributed by atoms with Crippen LogP contribution in [0.25, 0.3) is 5.52 Å². The zero-order valence-corrected chi connectivity index (χ0v) is 14.1. The van der Waals surface area contributed by atoms with Gasteiger partial charge in [0, 0.05) is 30.2 Å². The first-order valence-corrected chi connectivity index (χ1v) is 8.14. The Morgan fingerprint density at radius 3 is 2.76 bits per heavy atom. The summed E-state index contributed by atoms with van der Waals surface area (Å²) in [5.74, 6) is 2.18. The van der Waals surface area contributed by atoms with Gasteiger partial charge in [-0.25, -0.2) is 9.50 Å². The zero-order valence-electron chi connectivity index (χ0n) is 13.4. The van der Waals surface area contributed by atoms with Crippen molar-refractivity contribution in [2.75, 3.05) is 17.7 Å². The summed E-state index contributed by atoms with van der Waals surface area (Å²) < 4.78 is 1.90. The van der Waals surface area contributed by atoms with Gasteiger partial charge in [0.15, 0.2) is 5.82 Å². The maximum Gasteiger partial charge on any atom is 0.152 e. The summed E-state index contributed by atoms with van der Waals surface area (Å²) in [7, 11) is 0. The summed E-state index contributed by atoms with van der Waals surface area (Å²) in [6.45, 7) is 9.60. The molecule has 1 unspecified atom stereocenters. The van der Waals surface area contributed by atoms with Crippen molar-refractivity contribution < 1.29 is 0 Å². The normalized spacial score (nSPS) is 13.6. The second kappa shape index (κ2) is 6.65. The quantitative estimate of drug-likeness (QED) is 0.817. The summed E-state index contributed by atoms with van der Waals surface area (Å²) in [5.41, 5.74) is 2.14. The van der Waals surface area contributed by atoms with Gasteiger partial charge in [0.05, 0.1) is 5.69 Å². The minimum atomic E-state index is 0.0356.